The molecule has 2 N–H and O–H groups in total. The van der Waals surface area contributed by atoms with E-state index in [-0.39, 0.29) is 11.5 Å². The molecule has 1 aliphatic carbocycles. The minimum Gasteiger partial charge on any atom is -0.306 e. The second-order valence-corrected chi connectivity index (χ2v) is 5.81. The molecule has 0 unspecified atom stereocenters. The Kier molecular flexibility index (Phi) is 3.72. The monoisotopic (exact) mass is 272 g/mol. The fourth-order valence-corrected chi connectivity index (χ4v) is 3.16. The third-order valence-corrected chi connectivity index (χ3v) is 4.34. The number of carbonyl (C=O) groups excluding carboxylic acids is 1. The zero-order chi connectivity index (χ0) is 13.9. The minimum absolute atomic E-state index is 0.180. The lowest BCUT2D eigenvalue weighted by Gasteiger charge is -2.20. The van der Waals surface area contributed by atoms with E-state index in [2.05, 4.69) is 9.97 Å². The number of imidazole rings is 1. The number of hydrogen-bond acceptors (Lipinski definition) is 2. The molecule has 4 nitrogen and oxygen atoms in total. The summed E-state index contributed by atoms with van der Waals surface area (Å²) in [6.45, 7) is 0. The fourth-order valence-electron chi connectivity index (χ4n) is 3.16. The van der Waals surface area contributed by atoms with Gasteiger partial charge in [-0.1, -0.05) is 32.1 Å². The first kappa shape index (κ1) is 13.2. The van der Waals surface area contributed by atoms with Crippen LogP contribution < -0.4 is 5.69 Å². The SMILES string of the molecule is O=C(CCC1CCCCC1)c1ccc2[nH]c(=O)[nH]c2c1. The normalized spacial score (nSPS) is 16.6. The van der Waals surface area contributed by atoms with Gasteiger partial charge in [-0.15, -0.1) is 0 Å². The van der Waals surface area contributed by atoms with E-state index in [0.29, 0.717) is 17.5 Å². The predicted molar refractivity (Wildman–Crippen MR) is 79.1 cm³/mol. The molecule has 106 valence electrons. The number of rotatable bonds is 4. The molecule has 20 heavy (non-hydrogen) atoms. The average molecular weight is 272 g/mol. The molecule has 2 aromatic rings. The van der Waals surface area contributed by atoms with Gasteiger partial charge in [0.15, 0.2) is 5.78 Å². The summed E-state index contributed by atoms with van der Waals surface area (Å²) >= 11 is 0. The van der Waals surface area contributed by atoms with Crippen molar-refractivity contribution in [1.82, 2.24) is 9.97 Å². The number of ketones is 1. The molecule has 0 aliphatic heterocycles. The Hall–Kier alpha value is -1.84. The van der Waals surface area contributed by atoms with Crippen LogP contribution in [0.25, 0.3) is 11.0 Å². The Morgan fingerprint density at radius 2 is 1.85 bits per heavy atom. The Labute approximate surface area is 117 Å². The van der Waals surface area contributed by atoms with Gasteiger partial charge in [-0.05, 0) is 30.5 Å². The standard InChI is InChI=1S/C16H20N2O2/c19-15(9-6-11-4-2-1-3-5-11)12-7-8-13-14(10-12)18-16(20)17-13/h7-8,10-11H,1-6,9H2,(H2,17,18,20). The Morgan fingerprint density at radius 3 is 2.65 bits per heavy atom. The Morgan fingerprint density at radius 1 is 1.10 bits per heavy atom. The van der Waals surface area contributed by atoms with E-state index >= 15 is 0 Å². The van der Waals surface area contributed by atoms with Crippen molar-refractivity contribution in [2.45, 2.75) is 44.9 Å². The summed E-state index contributed by atoms with van der Waals surface area (Å²) in [5.74, 6) is 0.906. The van der Waals surface area contributed by atoms with Crippen molar-refractivity contribution < 1.29 is 4.79 Å². The van der Waals surface area contributed by atoms with Crippen LogP contribution in [0.15, 0.2) is 23.0 Å². The summed E-state index contributed by atoms with van der Waals surface area (Å²) in [6, 6.07) is 5.37. The van der Waals surface area contributed by atoms with Gasteiger partial charge in [-0.25, -0.2) is 4.79 Å². The third kappa shape index (κ3) is 2.84. The topological polar surface area (TPSA) is 65.7 Å². The first-order chi connectivity index (χ1) is 9.72. The van der Waals surface area contributed by atoms with Gasteiger partial charge in [-0.3, -0.25) is 4.79 Å². The number of aromatic nitrogens is 2. The van der Waals surface area contributed by atoms with Crippen molar-refractivity contribution in [3.05, 3.63) is 34.2 Å². The molecular weight excluding hydrogens is 252 g/mol. The van der Waals surface area contributed by atoms with Crippen LogP contribution >= 0.6 is 0 Å². The highest BCUT2D eigenvalue weighted by Gasteiger charge is 2.15. The highest BCUT2D eigenvalue weighted by Crippen LogP contribution is 2.27. The summed E-state index contributed by atoms with van der Waals surface area (Å²) in [5, 5.41) is 0. The maximum atomic E-state index is 12.2. The van der Waals surface area contributed by atoms with Crippen LogP contribution in [-0.2, 0) is 0 Å². The Bertz CT molecular complexity index is 662. The summed E-state index contributed by atoms with van der Waals surface area (Å²) < 4.78 is 0. The van der Waals surface area contributed by atoms with Crippen molar-refractivity contribution in [1.29, 1.82) is 0 Å². The van der Waals surface area contributed by atoms with E-state index in [0.717, 1.165) is 17.9 Å². The number of nitrogens with one attached hydrogen (secondary N) is 2. The number of fused-ring (bicyclic) bond motifs is 1. The maximum absolute atomic E-state index is 12.2. The maximum Gasteiger partial charge on any atom is 0.323 e. The van der Waals surface area contributed by atoms with Gasteiger partial charge in [0.1, 0.15) is 0 Å². The molecule has 0 amide bonds. The predicted octanol–water partition coefficient (Wildman–Crippen LogP) is 3.40. The van der Waals surface area contributed by atoms with Gasteiger partial charge < -0.3 is 9.97 Å². The first-order valence-corrected chi connectivity index (χ1v) is 7.47. The number of carbonyl (C=O) groups is 1. The molecule has 1 aromatic heterocycles. The lowest BCUT2D eigenvalue weighted by molar-refractivity contribution is 0.0970. The zero-order valence-electron chi connectivity index (χ0n) is 11.6. The highest BCUT2D eigenvalue weighted by molar-refractivity contribution is 5.98. The molecule has 0 saturated heterocycles. The van der Waals surface area contributed by atoms with E-state index in [1.807, 2.05) is 0 Å². The fraction of sp³-hybridized carbons (Fsp3) is 0.500. The lowest BCUT2D eigenvalue weighted by atomic mass is 9.85. The molecule has 1 aromatic carbocycles. The summed E-state index contributed by atoms with van der Waals surface area (Å²) in [4.78, 5) is 28.8. The Balaban J connectivity index is 1.66. The molecule has 3 rings (SSSR count). The molecule has 0 radical (unpaired) electrons. The molecular formula is C16H20N2O2. The second kappa shape index (κ2) is 5.65. The minimum atomic E-state index is -0.230. The van der Waals surface area contributed by atoms with Crippen LogP contribution in [0.4, 0.5) is 0 Å². The van der Waals surface area contributed by atoms with Crippen LogP contribution in [0.1, 0.15) is 55.3 Å². The van der Waals surface area contributed by atoms with Crippen molar-refractivity contribution >= 4 is 16.8 Å². The van der Waals surface area contributed by atoms with Crippen LogP contribution in [0.2, 0.25) is 0 Å². The van der Waals surface area contributed by atoms with Gasteiger partial charge >= 0.3 is 5.69 Å². The molecule has 4 heteroatoms. The van der Waals surface area contributed by atoms with Gasteiger partial charge in [0, 0.05) is 12.0 Å². The van der Waals surface area contributed by atoms with Crippen LogP contribution in [0.3, 0.4) is 0 Å². The van der Waals surface area contributed by atoms with Gasteiger partial charge in [0.05, 0.1) is 11.0 Å². The van der Waals surface area contributed by atoms with Crippen LogP contribution in [0.5, 0.6) is 0 Å². The van der Waals surface area contributed by atoms with Gasteiger partial charge in [0.25, 0.3) is 0 Å². The number of H-pyrrole nitrogens is 2. The zero-order valence-corrected chi connectivity index (χ0v) is 11.6. The van der Waals surface area contributed by atoms with Gasteiger partial charge in [0.2, 0.25) is 0 Å². The largest absolute Gasteiger partial charge is 0.323 e. The number of benzene rings is 1. The van der Waals surface area contributed by atoms with E-state index in [1.54, 1.807) is 18.2 Å². The quantitative estimate of drug-likeness (QED) is 0.838. The van der Waals surface area contributed by atoms with Crippen LogP contribution in [-0.4, -0.2) is 15.8 Å². The number of hydrogen-bond donors (Lipinski definition) is 2. The summed E-state index contributed by atoms with van der Waals surface area (Å²) in [5.41, 5.74) is 1.92. The summed E-state index contributed by atoms with van der Waals surface area (Å²) in [6.07, 6.45) is 8.15. The molecule has 1 fully saturated rings. The van der Waals surface area contributed by atoms with Crippen LogP contribution in [0, 0.1) is 5.92 Å². The van der Waals surface area contributed by atoms with E-state index in [9.17, 15) is 9.59 Å². The van der Waals surface area contributed by atoms with E-state index < -0.39 is 0 Å². The molecule has 1 saturated carbocycles. The summed E-state index contributed by atoms with van der Waals surface area (Å²) in [7, 11) is 0. The third-order valence-electron chi connectivity index (χ3n) is 4.34. The second-order valence-electron chi connectivity index (χ2n) is 5.81. The van der Waals surface area contributed by atoms with Crippen molar-refractivity contribution in [2.24, 2.45) is 5.92 Å². The van der Waals surface area contributed by atoms with Crippen molar-refractivity contribution in [3.8, 4) is 0 Å². The molecule has 1 aliphatic rings. The van der Waals surface area contributed by atoms with Gasteiger partial charge in [-0.2, -0.15) is 0 Å². The average Bonchev–Trinajstić information content (AvgIpc) is 2.85. The first-order valence-electron chi connectivity index (χ1n) is 7.47. The van der Waals surface area contributed by atoms with E-state index in [1.165, 1.54) is 32.1 Å². The lowest BCUT2D eigenvalue weighted by Crippen LogP contribution is -2.09. The highest BCUT2D eigenvalue weighted by atomic mass is 16.1. The molecule has 0 atom stereocenters. The smallest absolute Gasteiger partial charge is 0.306 e. The molecule has 1 heterocycles. The van der Waals surface area contributed by atoms with Crippen molar-refractivity contribution in [3.63, 3.8) is 0 Å². The number of aromatic amines is 2. The molecule has 0 bridgehead atoms. The van der Waals surface area contributed by atoms with E-state index in [4.69, 9.17) is 0 Å². The molecule has 0 spiro atoms. The number of Topliss-reactive ketones (excluding diaryl/α,β-unsaturated/α-hetero) is 1. The van der Waals surface area contributed by atoms with Crippen molar-refractivity contribution in [2.75, 3.05) is 0 Å².